The van der Waals surface area contributed by atoms with E-state index in [1.807, 2.05) is 25.1 Å². The Morgan fingerprint density at radius 2 is 1.81 bits per heavy atom. The van der Waals surface area contributed by atoms with Gasteiger partial charge in [0.05, 0.1) is 16.3 Å². The molecule has 0 saturated carbocycles. The quantitative estimate of drug-likeness (QED) is 0.553. The van der Waals surface area contributed by atoms with Gasteiger partial charge in [-0.1, -0.05) is 41.4 Å². The van der Waals surface area contributed by atoms with Gasteiger partial charge in [-0.05, 0) is 55.0 Å². The van der Waals surface area contributed by atoms with Crippen LogP contribution in [0.5, 0.6) is 11.5 Å². The zero-order valence-electron chi connectivity index (χ0n) is 13.7. The first kappa shape index (κ1) is 18.2. The summed E-state index contributed by atoms with van der Waals surface area (Å²) in [5, 5.41) is 3.03. The van der Waals surface area contributed by atoms with Crippen LogP contribution in [0.25, 0.3) is 0 Å². The summed E-state index contributed by atoms with van der Waals surface area (Å²) in [6, 6.07) is 16.3. The highest BCUT2D eigenvalue weighted by Gasteiger charge is 2.18. The van der Waals surface area contributed by atoms with Crippen LogP contribution >= 0.6 is 23.2 Å². The second-order valence-corrected chi connectivity index (χ2v) is 6.45. The number of carbonyl (C=O) groups is 1. The molecule has 1 N–H and O–H groups in total. The Bertz CT molecular complexity index is 956. The number of anilines is 1. The first-order chi connectivity index (χ1) is 12.4. The zero-order chi connectivity index (χ0) is 18.7. The predicted molar refractivity (Wildman–Crippen MR) is 102 cm³/mol. The lowest BCUT2D eigenvalue weighted by atomic mass is 10.2. The fourth-order valence-corrected chi connectivity index (χ4v) is 2.82. The lowest BCUT2D eigenvalue weighted by molar-refractivity contribution is 0.102. The summed E-state index contributed by atoms with van der Waals surface area (Å²) >= 11 is 12.0. The Labute approximate surface area is 160 Å². The topological polar surface area (TPSA) is 38.3 Å². The van der Waals surface area contributed by atoms with E-state index in [1.54, 1.807) is 18.2 Å². The first-order valence-electron chi connectivity index (χ1n) is 7.73. The maximum absolute atomic E-state index is 14.0. The van der Waals surface area contributed by atoms with Gasteiger partial charge in [0.1, 0.15) is 11.6 Å². The normalized spacial score (nSPS) is 10.5. The van der Waals surface area contributed by atoms with E-state index in [1.165, 1.54) is 24.3 Å². The van der Waals surface area contributed by atoms with E-state index >= 15 is 0 Å². The highest BCUT2D eigenvalue weighted by atomic mass is 35.5. The van der Waals surface area contributed by atoms with E-state index in [4.69, 9.17) is 27.9 Å². The summed E-state index contributed by atoms with van der Waals surface area (Å²) in [6.45, 7) is 1.94. The van der Waals surface area contributed by atoms with Crippen LogP contribution in [0.4, 0.5) is 10.1 Å². The summed E-state index contributed by atoms with van der Waals surface area (Å²) < 4.78 is 19.8. The second-order valence-electron chi connectivity index (χ2n) is 5.61. The third-order valence-corrected chi connectivity index (χ3v) is 4.15. The molecule has 3 aromatic rings. The maximum atomic E-state index is 14.0. The van der Waals surface area contributed by atoms with Crippen molar-refractivity contribution in [1.82, 2.24) is 0 Å². The molecule has 0 atom stereocenters. The average molecular weight is 390 g/mol. The average Bonchev–Trinajstić information content (AvgIpc) is 2.57. The van der Waals surface area contributed by atoms with E-state index in [0.29, 0.717) is 22.2 Å². The summed E-state index contributed by atoms with van der Waals surface area (Å²) in [4.78, 5) is 12.5. The molecule has 0 fully saturated rings. The number of nitrogens with one attached hydrogen (secondary N) is 1. The Morgan fingerprint density at radius 1 is 1.04 bits per heavy atom. The largest absolute Gasteiger partial charge is 0.455 e. The molecule has 0 aliphatic heterocycles. The van der Waals surface area contributed by atoms with Gasteiger partial charge in [0.15, 0.2) is 5.75 Å². The van der Waals surface area contributed by atoms with Crippen LogP contribution in [0.2, 0.25) is 10.0 Å². The van der Waals surface area contributed by atoms with Crippen molar-refractivity contribution in [3.8, 4) is 11.5 Å². The molecular weight excluding hydrogens is 376 g/mol. The van der Waals surface area contributed by atoms with E-state index in [9.17, 15) is 9.18 Å². The van der Waals surface area contributed by atoms with E-state index in [2.05, 4.69) is 5.32 Å². The van der Waals surface area contributed by atoms with Crippen LogP contribution in [-0.2, 0) is 0 Å². The molecule has 0 heterocycles. The number of benzene rings is 3. The number of rotatable bonds is 4. The van der Waals surface area contributed by atoms with Gasteiger partial charge in [0.2, 0.25) is 0 Å². The SMILES string of the molecule is Cc1cccc(Oc2ccc(Cl)cc2NC(=O)c2c(F)cccc2Cl)c1. The van der Waals surface area contributed by atoms with Crippen molar-refractivity contribution < 1.29 is 13.9 Å². The molecule has 3 nitrogen and oxygen atoms in total. The van der Waals surface area contributed by atoms with Crippen LogP contribution in [0, 0.1) is 12.7 Å². The van der Waals surface area contributed by atoms with Gasteiger partial charge in [-0.3, -0.25) is 4.79 Å². The van der Waals surface area contributed by atoms with Crippen molar-refractivity contribution in [2.45, 2.75) is 6.92 Å². The van der Waals surface area contributed by atoms with Crippen LogP contribution in [-0.4, -0.2) is 5.91 Å². The van der Waals surface area contributed by atoms with Gasteiger partial charge in [0.25, 0.3) is 5.91 Å². The Kier molecular flexibility index (Phi) is 5.45. The molecule has 0 aromatic heterocycles. The summed E-state index contributed by atoms with van der Waals surface area (Å²) in [5.74, 6) is -0.421. The molecule has 0 bridgehead atoms. The molecule has 3 rings (SSSR count). The smallest absolute Gasteiger partial charge is 0.260 e. The molecule has 26 heavy (non-hydrogen) atoms. The number of hydrogen-bond acceptors (Lipinski definition) is 2. The minimum Gasteiger partial charge on any atom is -0.455 e. The standard InChI is InChI=1S/C20H14Cl2FNO2/c1-12-4-2-5-14(10-12)26-18-9-8-13(21)11-17(18)24-20(25)19-15(22)6-3-7-16(19)23/h2-11H,1H3,(H,24,25). The van der Waals surface area contributed by atoms with Crippen molar-refractivity contribution in [1.29, 1.82) is 0 Å². The van der Waals surface area contributed by atoms with Crippen LogP contribution in [0.15, 0.2) is 60.7 Å². The van der Waals surface area contributed by atoms with Gasteiger partial charge < -0.3 is 10.1 Å². The molecule has 132 valence electrons. The van der Waals surface area contributed by atoms with Crippen molar-refractivity contribution in [3.63, 3.8) is 0 Å². The van der Waals surface area contributed by atoms with Crippen molar-refractivity contribution in [3.05, 3.63) is 87.7 Å². The first-order valence-corrected chi connectivity index (χ1v) is 8.49. The fourth-order valence-electron chi connectivity index (χ4n) is 2.39. The van der Waals surface area contributed by atoms with Crippen LogP contribution in [0.3, 0.4) is 0 Å². The highest BCUT2D eigenvalue weighted by molar-refractivity contribution is 6.34. The van der Waals surface area contributed by atoms with Gasteiger partial charge in [-0.25, -0.2) is 4.39 Å². The number of ether oxygens (including phenoxy) is 1. The molecule has 0 saturated heterocycles. The van der Waals surface area contributed by atoms with E-state index in [0.717, 1.165) is 5.56 Å². The maximum Gasteiger partial charge on any atom is 0.260 e. The van der Waals surface area contributed by atoms with Gasteiger partial charge in [-0.15, -0.1) is 0 Å². The van der Waals surface area contributed by atoms with Crippen LogP contribution in [0.1, 0.15) is 15.9 Å². The zero-order valence-corrected chi connectivity index (χ0v) is 15.2. The number of amides is 1. The second kappa shape index (κ2) is 7.77. The number of hydrogen-bond donors (Lipinski definition) is 1. The molecule has 0 aliphatic rings. The van der Waals surface area contributed by atoms with E-state index in [-0.39, 0.29) is 10.6 Å². The number of halogens is 3. The van der Waals surface area contributed by atoms with Crippen molar-refractivity contribution >= 4 is 34.8 Å². The Balaban J connectivity index is 1.92. The minimum absolute atomic E-state index is 0.0191. The summed E-state index contributed by atoms with van der Waals surface area (Å²) in [7, 11) is 0. The molecule has 0 aliphatic carbocycles. The predicted octanol–water partition coefficient (Wildman–Crippen LogP) is 6.49. The molecule has 0 unspecified atom stereocenters. The molecular formula is C20H14Cl2FNO2. The Hall–Kier alpha value is -2.56. The highest BCUT2D eigenvalue weighted by Crippen LogP contribution is 2.33. The Morgan fingerprint density at radius 3 is 2.54 bits per heavy atom. The monoisotopic (exact) mass is 389 g/mol. The third kappa shape index (κ3) is 4.15. The fraction of sp³-hybridized carbons (Fsp3) is 0.0500. The van der Waals surface area contributed by atoms with Gasteiger partial charge >= 0.3 is 0 Å². The lowest BCUT2D eigenvalue weighted by Crippen LogP contribution is -2.15. The van der Waals surface area contributed by atoms with Crippen LogP contribution < -0.4 is 10.1 Å². The van der Waals surface area contributed by atoms with Crippen molar-refractivity contribution in [2.75, 3.05) is 5.32 Å². The van der Waals surface area contributed by atoms with E-state index < -0.39 is 11.7 Å². The van der Waals surface area contributed by atoms with Crippen molar-refractivity contribution in [2.24, 2.45) is 0 Å². The summed E-state index contributed by atoms with van der Waals surface area (Å²) in [5.41, 5.74) is 1.10. The molecule has 3 aromatic carbocycles. The molecule has 0 spiro atoms. The lowest BCUT2D eigenvalue weighted by Gasteiger charge is -2.14. The molecule has 1 amide bonds. The van der Waals surface area contributed by atoms with Gasteiger partial charge in [0, 0.05) is 5.02 Å². The minimum atomic E-state index is -0.710. The summed E-state index contributed by atoms with van der Waals surface area (Å²) in [6.07, 6.45) is 0. The molecule has 6 heteroatoms. The molecule has 0 radical (unpaired) electrons. The third-order valence-electron chi connectivity index (χ3n) is 3.60. The number of aryl methyl sites for hydroxylation is 1. The number of carbonyl (C=O) groups excluding carboxylic acids is 1. The van der Waals surface area contributed by atoms with Gasteiger partial charge in [-0.2, -0.15) is 0 Å².